The zero-order chi connectivity index (χ0) is 9.97. The van der Waals surface area contributed by atoms with Gasteiger partial charge in [0.2, 0.25) is 0 Å². The lowest BCUT2D eigenvalue weighted by atomic mass is 10.1. The molecule has 2 saturated heterocycles. The highest BCUT2D eigenvalue weighted by Crippen LogP contribution is 2.28. The van der Waals surface area contributed by atoms with E-state index in [2.05, 4.69) is 23.2 Å². The largest absolute Gasteiger partial charge is 0.299 e. The number of fused-ring (bicyclic) bond motifs is 1. The van der Waals surface area contributed by atoms with Gasteiger partial charge in [-0.3, -0.25) is 10.2 Å². The van der Waals surface area contributed by atoms with Crippen molar-refractivity contribution < 1.29 is 0 Å². The molecule has 2 aliphatic heterocycles. The zero-order valence-electron chi connectivity index (χ0n) is 8.87. The molecule has 1 N–H and O–H groups in total. The minimum atomic E-state index is 0.0561. The summed E-state index contributed by atoms with van der Waals surface area (Å²) in [7, 11) is 0. The summed E-state index contributed by atoms with van der Waals surface area (Å²) in [5.41, 5.74) is 0. The summed E-state index contributed by atoms with van der Waals surface area (Å²) in [6.45, 7) is 4.57. The molecule has 2 heterocycles. The second-order valence-corrected chi connectivity index (χ2v) is 4.40. The molecule has 14 heavy (non-hydrogen) atoms. The summed E-state index contributed by atoms with van der Waals surface area (Å²) in [6.07, 6.45) is 4.80. The van der Waals surface area contributed by atoms with E-state index in [4.69, 9.17) is 5.26 Å². The quantitative estimate of drug-likeness (QED) is 0.730. The Bertz CT molecular complexity index is 233. The van der Waals surface area contributed by atoms with Crippen molar-refractivity contribution in [2.75, 3.05) is 13.1 Å². The standard InChI is InChI=1S/C11H19N3/c1-2-9(8-12)13-10-5-7-14-6-3-4-11(10)14/h9-11,13H,2-7H2,1H3. The molecule has 0 saturated carbocycles. The lowest BCUT2D eigenvalue weighted by Gasteiger charge is -2.23. The molecule has 3 atom stereocenters. The molecule has 3 heteroatoms. The third-order valence-corrected chi connectivity index (χ3v) is 3.59. The van der Waals surface area contributed by atoms with E-state index in [0.717, 1.165) is 12.5 Å². The van der Waals surface area contributed by atoms with E-state index in [1.165, 1.54) is 32.4 Å². The van der Waals surface area contributed by atoms with Crippen LogP contribution in [0.2, 0.25) is 0 Å². The molecule has 3 unspecified atom stereocenters. The van der Waals surface area contributed by atoms with E-state index in [1.807, 2.05) is 0 Å². The van der Waals surface area contributed by atoms with Crippen LogP contribution in [0.15, 0.2) is 0 Å². The van der Waals surface area contributed by atoms with E-state index in [9.17, 15) is 0 Å². The molecule has 0 aromatic carbocycles. The highest BCUT2D eigenvalue weighted by atomic mass is 15.2. The van der Waals surface area contributed by atoms with Crippen LogP contribution in [0, 0.1) is 11.3 Å². The Hall–Kier alpha value is -0.590. The van der Waals surface area contributed by atoms with Gasteiger partial charge in [-0.2, -0.15) is 5.26 Å². The van der Waals surface area contributed by atoms with Crippen LogP contribution in [0.4, 0.5) is 0 Å². The maximum Gasteiger partial charge on any atom is 0.0953 e. The van der Waals surface area contributed by atoms with Gasteiger partial charge >= 0.3 is 0 Å². The molecule has 0 aromatic rings. The van der Waals surface area contributed by atoms with Crippen LogP contribution < -0.4 is 5.32 Å². The summed E-state index contributed by atoms with van der Waals surface area (Å²) in [4.78, 5) is 2.57. The van der Waals surface area contributed by atoms with Crippen LogP contribution in [-0.4, -0.2) is 36.1 Å². The van der Waals surface area contributed by atoms with Gasteiger partial charge in [-0.1, -0.05) is 6.92 Å². The van der Waals surface area contributed by atoms with Gasteiger partial charge < -0.3 is 0 Å². The van der Waals surface area contributed by atoms with Gasteiger partial charge in [0.05, 0.1) is 12.1 Å². The van der Waals surface area contributed by atoms with E-state index in [-0.39, 0.29) is 6.04 Å². The normalized spacial score (nSPS) is 34.0. The lowest BCUT2D eigenvalue weighted by Crippen LogP contribution is -2.43. The Morgan fingerprint density at radius 2 is 2.36 bits per heavy atom. The second-order valence-electron chi connectivity index (χ2n) is 4.40. The first kappa shape index (κ1) is 9.95. The Balaban J connectivity index is 1.90. The summed E-state index contributed by atoms with van der Waals surface area (Å²) in [6, 6.07) is 3.68. The van der Waals surface area contributed by atoms with Gasteiger partial charge in [-0.15, -0.1) is 0 Å². The number of hydrogen-bond acceptors (Lipinski definition) is 3. The highest BCUT2D eigenvalue weighted by molar-refractivity contribution is 5.00. The first-order chi connectivity index (χ1) is 6.85. The third kappa shape index (κ3) is 1.77. The van der Waals surface area contributed by atoms with Crippen molar-refractivity contribution >= 4 is 0 Å². The summed E-state index contributed by atoms with van der Waals surface area (Å²) >= 11 is 0. The molecule has 2 aliphatic rings. The fourth-order valence-electron chi connectivity index (χ4n) is 2.78. The summed E-state index contributed by atoms with van der Waals surface area (Å²) in [5.74, 6) is 0. The molecular formula is C11H19N3. The number of nitrogens with zero attached hydrogens (tertiary/aromatic N) is 2. The molecule has 3 nitrogen and oxygen atoms in total. The fraction of sp³-hybridized carbons (Fsp3) is 0.909. The van der Waals surface area contributed by atoms with Crippen molar-refractivity contribution in [3.05, 3.63) is 0 Å². The van der Waals surface area contributed by atoms with Crippen molar-refractivity contribution in [1.82, 2.24) is 10.2 Å². The first-order valence-electron chi connectivity index (χ1n) is 5.75. The van der Waals surface area contributed by atoms with E-state index >= 15 is 0 Å². The Labute approximate surface area is 86.1 Å². The second kappa shape index (κ2) is 4.29. The maximum atomic E-state index is 8.90. The van der Waals surface area contributed by atoms with Crippen LogP contribution in [-0.2, 0) is 0 Å². The Morgan fingerprint density at radius 1 is 1.50 bits per heavy atom. The van der Waals surface area contributed by atoms with Crippen LogP contribution >= 0.6 is 0 Å². The predicted molar refractivity (Wildman–Crippen MR) is 55.8 cm³/mol. The van der Waals surface area contributed by atoms with Gasteiger partial charge in [-0.05, 0) is 32.2 Å². The molecular weight excluding hydrogens is 174 g/mol. The van der Waals surface area contributed by atoms with Crippen molar-refractivity contribution in [3.63, 3.8) is 0 Å². The number of hydrogen-bond donors (Lipinski definition) is 1. The summed E-state index contributed by atoms with van der Waals surface area (Å²) < 4.78 is 0. The molecule has 0 spiro atoms. The molecule has 0 bridgehead atoms. The van der Waals surface area contributed by atoms with Crippen molar-refractivity contribution in [2.24, 2.45) is 0 Å². The van der Waals surface area contributed by atoms with Crippen LogP contribution in [0.1, 0.15) is 32.6 Å². The average molecular weight is 193 g/mol. The monoisotopic (exact) mass is 193 g/mol. The minimum Gasteiger partial charge on any atom is -0.299 e. The SMILES string of the molecule is CCC(C#N)NC1CCN2CCCC12. The van der Waals surface area contributed by atoms with Gasteiger partial charge in [-0.25, -0.2) is 0 Å². The van der Waals surface area contributed by atoms with Crippen molar-refractivity contribution in [1.29, 1.82) is 5.26 Å². The third-order valence-electron chi connectivity index (χ3n) is 3.59. The van der Waals surface area contributed by atoms with Gasteiger partial charge in [0.1, 0.15) is 0 Å². The van der Waals surface area contributed by atoms with Crippen molar-refractivity contribution in [3.8, 4) is 6.07 Å². The van der Waals surface area contributed by atoms with Crippen LogP contribution in [0.5, 0.6) is 0 Å². The van der Waals surface area contributed by atoms with Crippen LogP contribution in [0.25, 0.3) is 0 Å². The molecule has 78 valence electrons. The molecule has 2 fully saturated rings. The highest BCUT2D eigenvalue weighted by Gasteiger charge is 2.37. The number of rotatable bonds is 3. The van der Waals surface area contributed by atoms with E-state index in [1.54, 1.807) is 0 Å². The molecule has 0 aromatic heterocycles. The first-order valence-corrected chi connectivity index (χ1v) is 5.75. The predicted octanol–water partition coefficient (Wildman–Crippen LogP) is 1.11. The Morgan fingerprint density at radius 3 is 3.07 bits per heavy atom. The lowest BCUT2D eigenvalue weighted by molar-refractivity contribution is 0.294. The Kier molecular flexibility index (Phi) is 3.05. The van der Waals surface area contributed by atoms with Crippen LogP contribution in [0.3, 0.4) is 0 Å². The molecule has 0 radical (unpaired) electrons. The molecule has 0 aliphatic carbocycles. The van der Waals surface area contributed by atoms with Crippen molar-refractivity contribution in [2.45, 2.75) is 50.7 Å². The topological polar surface area (TPSA) is 39.1 Å². The van der Waals surface area contributed by atoms with Gasteiger partial charge in [0.15, 0.2) is 0 Å². The maximum absolute atomic E-state index is 8.90. The van der Waals surface area contributed by atoms with E-state index < -0.39 is 0 Å². The number of nitriles is 1. The number of nitrogens with one attached hydrogen (secondary N) is 1. The zero-order valence-corrected chi connectivity index (χ0v) is 8.87. The van der Waals surface area contributed by atoms with Gasteiger partial charge in [0, 0.05) is 18.6 Å². The summed E-state index contributed by atoms with van der Waals surface area (Å²) in [5, 5.41) is 12.4. The fourth-order valence-corrected chi connectivity index (χ4v) is 2.78. The molecule has 2 rings (SSSR count). The minimum absolute atomic E-state index is 0.0561. The molecule has 0 amide bonds. The van der Waals surface area contributed by atoms with Gasteiger partial charge in [0.25, 0.3) is 0 Å². The average Bonchev–Trinajstić information content (AvgIpc) is 2.77. The smallest absolute Gasteiger partial charge is 0.0953 e. The van der Waals surface area contributed by atoms with E-state index in [0.29, 0.717) is 6.04 Å².